The highest BCUT2D eigenvalue weighted by atomic mass is 79.9. The molecule has 5 nitrogen and oxygen atoms in total. The van der Waals surface area contributed by atoms with Gasteiger partial charge in [0, 0.05) is 16.5 Å². The summed E-state index contributed by atoms with van der Waals surface area (Å²) in [6, 6.07) is 3.70. The first-order chi connectivity index (χ1) is 14.6. The quantitative estimate of drug-likeness (QED) is 0.383. The summed E-state index contributed by atoms with van der Waals surface area (Å²) in [4.78, 5) is 14.9. The fourth-order valence-electron chi connectivity index (χ4n) is 4.19. The number of carbonyl (C=O) groups is 1. The van der Waals surface area contributed by atoms with Gasteiger partial charge in [0.05, 0.1) is 22.4 Å². The predicted molar refractivity (Wildman–Crippen MR) is 143 cm³/mol. The highest BCUT2D eigenvalue weighted by Gasteiger charge is 2.55. The van der Waals surface area contributed by atoms with E-state index in [4.69, 9.17) is 20.8 Å². The third kappa shape index (κ3) is 5.63. The maximum atomic E-state index is 13.3. The van der Waals surface area contributed by atoms with E-state index in [9.17, 15) is 9.90 Å². The summed E-state index contributed by atoms with van der Waals surface area (Å²) in [5, 5.41) is 12.3. The Morgan fingerprint density at radius 3 is 2.21 bits per heavy atom. The molecule has 2 unspecified atom stereocenters. The molecule has 1 aliphatic rings. The summed E-state index contributed by atoms with van der Waals surface area (Å²) in [6.07, 6.45) is -0.764. The summed E-state index contributed by atoms with van der Waals surface area (Å²) in [5.41, 5.74) is -0.766. The monoisotopic (exact) mass is 561 g/mol. The van der Waals surface area contributed by atoms with Gasteiger partial charge < -0.3 is 14.3 Å². The first-order valence-corrected chi connectivity index (χ1v) is 15.6. The highest BCUT2D eigenvalue weighted by Crippen LogP contribution is 2.51. The van der Waals surface area contributed by atoms with Crippen LogP contribution in [0.5, 0.6) is 0 Å². The van der Waals surface area contributed by atoms with Crippen molar-refractivity contribution >= 4 is 47.6 Å². The number of hydrogen-bond donors (Lipinski definition) is 1. The lowest BCUT2D eigenvalue weighted by Gasteiger charge is -2.54. The smallest absolute Gasteiger partial charge is 0.415 e. The average molecular weight is 563 g/mol. The second-order valence-electron chi connectivity index (χ2n) is 12.4. The molecule has 2 atom stereocenters. The summed E-state index contributed by atoms with van der Waals surface area (Å²) in [6.45, 7) is 22.9. The third-order valence-corrected chi connectivity index (χ3v) is 12.9. The molecule has 1 N–H and O–H groups in total. The number of nitrogens with zero attached hydrogens (tertiary/aromatic N) is 1. The topological polar surface area (TPSA) is 59.0 Å². The number of fused-ring (bicyclic) bond motifs is 1. The van der Waals surface area contributed by atoms with Gasteiger partial charge in [-0.05, 0) is 92.8 Å². The van der Waals surface area contributed by atoms with Crippen molar-refractivity contribution in [1.82, 2.24) is 0 Å². The summed E-state index contributed by atoms with van der Waals surface area (Å²) in [7, 11) is -1.95. The SMILES string of the molecule is CC(C)(C)OC(=O)N1c2cc(Cl)c(Br)cc2C(C)(CCO[Si](C)(C)C(C)(C)C)C(O)C1(C)C. The minimum absolute atomic E-state index is 0.0975. The number of aliphatic hydroxyl groups is 1. The van der Waals surface area contributed by atoms with E-state index in [0.29, 0.717) is 23.7 Å². The normalized spacial score (nSPS) is 23.3. The summed E-state index contributed by atoms with van der Waals surface area (Å²) >= 11 is 10.0. The number of carbonyl (C=O) groups excluding carboxylic acids is 1. The molecule has 0 fully saturated rings. The Morgan fingerprint density at radius 1 is 1.18 bits per heavy atom. The van der Waals surface area contributed by atoms with E-state index < -0.39 is 37.1 Å². The standard InChI is InChI=1S/C25H41BrClNO4Si/c1-22(2,3)32-21(30)28-19-15-18(27)17(26)14-16(19)25(9,20(29)24(28,7)8)12-13-31-33(10,11)23(4,5)6/h14-15,20,29H,12-13H2,1-11H3. The van der Waals surface area contributed by atoms with E-state index >= 15 is 0 Å². The van der Waals surface area contributed by atoms with E-state index in [0.717, 1.165) is 10.0 Å². The van der Waals surface area contributed by atoms with E-state index in [2.05, 4.69) is 49.8 Å². The van der Waals surface area contributed by atoms with Crippen LogP contribution in [0.2, 0.25) is 23.2 Å². The van der Waals surface area contributed by atoms with Gasteiger partial charge in [-0.3, -0.25) is 4.90 Å². The van der Waals surface area contributed by atoms with Gasteiger partial charge in [-0.2, -0.15) is 0 Å². The molecule has 1 aromatic carbocycles. The Balaban J connectivity index is 2.57. The van der Waals surface area contributed by atoms with Crippen LogP contribution < -0.4 is 4.90 Å². The van der Waals surface area contributed by atoms with Crippen LogP contribution >= 0.6 is 27.5 Å². The number of rotatable bonds is 4. The van der Waals surface area contributed by atoms with Gasteiger partial charge in [0.2, 0.25) is 0 Å². The fraction of sp³-hybridized carbons (Fsp3) is 0.720. The second kappa shape index (κ2) is 9.12. The summed E-state index contributed by atoms with van der Waals surface area (Å²) in [5.74, 6) is 0. The molecular formula is C25H41BrClNO4Si. The maximum Gasteiger partial charge on any atom is 0.415 e. The van der Waals surface area contributed by atoms with Gasteiger partial charge in [0.15, 0.2) is 8.32 Å². The van der Waals surface area contributed by atoms with E-state index in [1.807, 2.05) is 47.6 Å². The van der Waals surface area contributed by atoms with Crippen molar-refractivity contribution in [3.8, 4) is 0 Å². The van der Waals surface area contributed by atoms with Crippen LogP contribution in [0.15, 0.2) is 16.6 Å². The number of hydrogen-bond acceptors (Lipinski definition) is 4. The zero-order valence-corrected chi connectivity index (χ0v) is 25.4. The molecule has 1 heterocycles. The van der Waals surface area contributed by atoms with Crippen molar-refractivity contribution < 1.29 is 19.1 Å². The molecule has 0 saturated carbocycles. The van der Waals surface area contributed by atoms with Crippen molar-refractivity contribution in [3.05, 3.63) is 27.2 Å². The molecule has 0 radical (unpaired) electrons. The molecule has 0 aromatic heterocycles. The lowest BCUT2D eigenvalue weighted by molar-refractivity contribution is 0.000591. The zero-order valence-electron chi connectivity index (χ0n) is 22.0. The van der Waals surface area contributed by atoms with Crippen molar-refractivity contribution in [2.24, 2.45) is 0 Å². The van der Waals surface area contributed by atoms with Crippen LogP contribution in [-0.2, 0) is 14.6 Å². The number of ether oxygens (including phenoxy) is 1. The fourth-order valence-corrected chi connectivity index (χ4v) is 5.73. The Labute approximate surface area is 214 Å². The molecule has 0 aliphatic carbocycles. The number of halogens is 2. The second-order valence-corrected chi connectivity index (χ2v) is 18.5. The molecule has 0 saturated heterocycles. The minimum Gasteiger partial charge on any atom is -0.443 e. The van der Waals surface area contributed by atoms with Crippen molar-refractivity contribution in [2.75, 3.05) is 11.5 Å². The number of benzene rings is 1. The van der Waals surface area contributed by atoms with E-state index in [1.54, 1.807) is 11.0 Å². The van der Waals surface area contributed by atoms with Gasteiger partial charge in [0.25, 0.3) is 0 Å². The molecule has 2 rings (SSSR count). The Bertz CT molecular complexity index is 907. The Kier molecular flexibility index (Phi) is 7.91. The maximum absolute atomic E-state index is 13.3. The van der Waals surface area contributed by atoms with Gasteiger partial charge in [-0.1, -0.05) is 39.3 Å². The Hall–Kier alpha value is -0.603. The lowest BCUT2D eigenvalue weighted by atomic mass is 9.65. The Morgan fingerprint density at radius 2 is 1.73 bits per heavy atom. The summed E-state index contributed by atoms with van der Waals surface area (Å²) < 4.78 is 12.9. The van der Waals surface area contributed by atoms with E-state index in [-0.39, 0.29) is 5.04 Å². The van der Waals surface area contributed by atoms with Crippen molar-refractivity contribution in [1.29, 1.82) is 0 Å². The third-order valence-electron chi connectivity index (χ3n) is 7.21. The van der Waals surface area contributed by atoms with Gasteiger partial charge >= 0.3 is 6.09 Å². The number of aliphatic hydroxyl groups excluding tert-OH is 1. The van der Waals surface area contributed by atoms with Crippen LogP contribution in [0.3, 0.4) is 0 Å². The molecule has 1 amide bonds. The number of amides is 1. The van der Waals surface area contributed by atoms with Gasteiger partial charge in [0.1, 0.15) is 5.60 Å². The van der Waals surface area contributed by atoms with Crippen LogP contribution in [0.25, 0.3) is 0 Å². The van der Waals surface area contributed by atoms with Crippen LogP contribution in [-0.4, -0.2) is 43.4 Å². The van der Waals surface area contributed by atoms with Crippen LogP contribution in [0, 0.1) is 0 Å². The lowest BCUT2D eigenvalue weighted by Crippen LogP contribution is -2.66. The molecule has 0 bridgehead atoms. The molecule has 0 spiro atoms. The molecular weight excluding hydrogens is 522 g/mol. The first kappa shape index (κ1) is 28.6. The van der Waals surface area contributed by atoms with Gasteiger partial charge in [-0.15, -0.1) is 0 Å². The highest BCUT2D eigenvalue weighted by molar-refractivity contribution is 9.10. The minimum atomic E-state index is -1.95. The molecule has 8 heteroatoms. The van der Waals surface area contributed by atoms with Crippen molar-refractivity contribution in [3.63, 3.8) is 0 Å². The predicted octanol–water partition coefficient (Wildman–Crippen LogP) is 7.67. The van der Waals surface area contributed by atoms with Crippen LogP contribution in [0.1, 0.15) is 74.3 Å². The van der Waals surface area contributed by atoms with Crippen molar-refractivity contribution in [2.45, 2.75) is 110 Å². The molecule has 33 heavy (non-hydrogen) atoms. The number of anilines is 1. The van der Waals surface area contributed by atoms with E-state index in [1.165, 1.54) is 0 Å². The largest absolute Gasteiger partial charge is 0.443 e. The molecule has 1 aromatic rings. The molecule has 188 valence electrons. The zero-order chi connectivity index (χ0) is 25.8. The average Bonchev–Trinajstić information content (AvgIpc) is 2.59. The van der Waals surface area contributed by atoms with Gasteiger partial charge in [-0.25, -0.2) is 4.79 Å². The first-order valence-electron chi connectivity index (χ1n) is 11.5. The molecule has 1 aliphatic heterocycles. The van der Waals surface area contributed by atoms with Crippen LogP contribution in [0.4, 0.5) is 10.5 Å².